The Hall–Kier alpha value is -2.31. The summed E-state index contributed by atoms with van der Waals surface area (Å²) in [6, 6.07) is -0.302. The Kier molecular flexibility index (Phi) is 5.87. The van der Waals surface area contributed by atoms with Gasteiger partial charge in [-0.2, -0.15) is 0 Å². The number of nitrogens with zero attached hydrogens (tertiary/aromatic N) is 1. The minimum atomic E-state index is -0.389. The molecule has 0 spiro atoms. The summed E-state index contributed by atoms with van der Waals surface area (Å²) in [6.45, 7) is 11.0. The lowest BCUT2D eigenvalue weighted by atomic mass is 10.0. The van der Waals surface area contributed by atoms with E-state index < -0.39 is 0 Å². The molecular weight excluding hydrogens is 324 g/mol. The number of esters is 2. The van der Waals surface area contributed by atoms with E-state index in [-0.39, 0.29) is 48.1 Å². The van der Waals surface area contributed by atoms with E-state index in [9.17, 15) is 14.4 Å². The van der Waals surface area contributed by atoms with Crippen molar-refractivity contribution >= 4 is 18.0 Å². The van der Waals surface area contributed by atoms with E-state index in [0.717, 1.165) is 6.42 Å². The molecule has 0 aromatic carbocycles. The molecule has 2 aliphatic carbocycles. The lowest BCUT2D eigenvalue weighted by molar-refractivity contribution is -0.153. The summed E-state index contributed by atoms with van der Waals surface area (Å²) in [5.74, 6) is -0.604. The molecule has 25 heavy (non-hydrogen) atoms. The van der Waals surface area contributed by atoms with Crippen molar-refractivity contribution in [2.24, 2.45) is 11.3 Å². The minimum Gasteiger partial charge on any atom is -0.465 e. The zero-order chi connectivity index (χ0) is 18.6. The third-order valence-corrected chi connectivity index (χ3v) is 4.98. The van der Waals surface area contributed by atoms with Crippen molar-refractivity contribution in [3.8, 4) is 0 Å². The van der Waals surface area contributed by atoms with Crippen LogP contribution in [-0.2, 0) is 19.1 Å². The van der Waals surface area contributed by atoms with E-state index in [1.54, 1.807) is 17.1 Å². The second-order valence-corrected chi connectivity index (χ2v) is 6.64. The van der Waals surface area contributed by atoms with Crippen LogP contribution < -0.4 is 5.32 Å². The van der Waals surface area contributed by atoms with Crippen molar-refractivity contribution in [2.75, 3.05) is 19.7 Å². The number of ether oxygens (including phenoxy) is 2. The number of fused-ring (bicyclic) bond motifs is 1. The van der Waals surface area contributed by atoms with E-state index in [2.05, 4.69) is 18.5 Å². The summed E-state index contributed by atoms with van der Waals surface area (Å²) in [4.78, 5) is 36.9. The van der Waals surface area contributed by atoms with Crippen LogP contribution in [0.4, 0.5) is 4.79 Å². The number of nitrogens with one attached hydrogen (secondary N) is 1. The first-order valence-corrected chi connectivity index (χ1v) is 8.42. The van der Waals surface area contributed by atoms with Crippen LogP contribution in [0.25, 0.3) is 0 Å². The molecule has 0 radical (unpaired) electrons. The summed E-state index contributed by atoms with van der Waals surface area (Å²) < 4.78 is 10.7. The minimum absolute atomic E-state index is 0.0947. The maximum atomic E-state index is 12.5. The zero-order valence-electron chi connectivity index (χ0n) is 14.8. The van der Waals surface area contributed by atoms with Gasteiger partial charge in [0.25, 0.3) is 0 Å². The predicted molar refractivity (Wildman–Crippen MR) is 91.6 cm³/mol. The highest BCUT2D eigenvalue weighted by molar-refractivity contribution is 5.75. The molecule has 2 amide bonds. The fourth-order valence-electron chi connectivity index (χ4n) is 3.83. The Morgan fingerprint density at radius 1 is 1.24 bits per heavy atom. The highest BCUT2D eigenvalue weighted by atomic mass is 16.6. The molecule has 7 heteroatoms. The van der Waals surface area contributed by atoms with Crippen LogP contribution in [0.15, 0.2) is 25.3 Å². The number of rotatable bonds is 8. The normalized spacial score (nSPS) is 29.1. The smallest absolute Gasteiger partial charge is 0.318 e. The molecular formula is C18H26N2O5. The van der Waals surface area contributed by atoms with E-state index in [0.29, 0.717) is 19.5 Å². The molecule has 0 aromatic heterocycles. The highest BCUT2D eigenvalue weighted by Crippen LogP contribution is 2.65. The summed E-state index contributed by atoms with van der Waals surface area (Å²) >= 11 is 0. The lowest BCUT2D eigenvalue weighted by Crippen LogP contribution is -2.47. The molecule has 0 heterocycles. The second-order valence-electron chi connectivity index (χ2n) is 6.64. The van der Waals surface area contributed by atoms with Crippen molar-refractivity contribution in [3.05, 3.63) is 25.3 Å². The second kappa shape index (κ2) is 7.72. The molecule has 2 rings (SSSR count). The number of hydrogen-bond acceptors (Lipinski definition) is 5. The van der Waals surface area contributed by atoms with E-state index in [1.165, 1.54) is 13.8 Å². The quantitative estimate of drug-likeness (QED) is 0.531. The van der Waals surface area contributed by atoms with Gasteiger partial charge in [-0.15, -0.1) is 13.2 Å². The zero-order valence-corrected chi connectivity index (χ0v) is 14.8. The SMILES string of the molecule is C=CCNC(=O)N(CC=C)[C@H]1C[C@H](OC(C)=O)[C@]2(COC(C)=O)C[C@H]12. The Morgan fingerprint density at radius 2 is 1.96 bits per heavy atom. The number of amides is 2. The molecule has 2 fully saturated rings. The first-order valence-electron chi connectivity index (χ1n) is 8.42. The van der Waals surface area contributed by atoms with Gasteiger partial charge in [-0.05, 0) is 12.3 Å². The number of hydrogen-bond donors (Lipinski definition) is 1. The highest BCUT2D eigenvalue weighted by Gasteiger charge is 2.70. The molecule has 0 unspecified atom stereocenters. The Bertz CT molecular complexity index is 576. The predicted octanol–water partition coefficient (Wildman–Crippen LogP) is 1.64. The molecule has 2 aliphatic rings. The molecule has 0 aromatic rings. The molecule has 0 aliphatic heterocycles. The van der Waals surface area contributed by atoms with Gasteiger partial charge >= 0.3 is 18.0 Å². The van der Waals surface area contributed by atoms with Gasteiger partial charge in [0.2, 0.25) is 0 Å². The van der Waals surface area contributed by atoms with Crippen LogP contribution in [0.1, 0.15) is 26.7 Å². The fraction of sp³-hybridized carbons (Fsp3) is 0.611. The van der Waals surface area contributed by atoms with Crippen LogP contribution in [0, 0.1) is 11.3 Å². The van der Waals surface area contributed by atoms with Gasteiger partial charge in [0.05, 0.1) is 0 Å². The van der Waals surface area contributed by atoms with Crippen molar-refractivity contribution < 1.29 is 23.9 Å². The van der Waals surface area contributed by atoms with Gasteiger partial charge < -0.3 is 19.7 Å². The first kappa shape index (κ1) is 19.0. The van der Waals surface area contributed by atoms with Crippen LogP contribution in [0.5, 0.6) is 0 Å². The maximum Gasteiger partial charge on any atom is 0.318 e. The Morgan fingerprint density at radius 3 is 2.52 bits per heavy atom. The van der Waals surface area contributed by atoms with Crippen molar-refractivity contribution in [1.82, 2.24) is 10.2 Å². The van der Waals surface area contributed by atoms with Crippen molar-refractivity contribution in [3.63, 3.8) is 0 Å². The molecule has 7 nitrogen and oxygen atoms in total. The molecule has 0 bridgehead atoms. The molecule has 138 valence electrons. The first-order chi connectivity index (χ1) is 11.9. The average molecular weight is 350 g/mol. The summed E-state index contributed by atoms with van der Waals surface area (Å²) in [6.07, 6.45) is 4.20. The summed E-state index contributed by atoms with van der Waals surface area (Å²) in [5.41, 5.74) is -0.389. The van der Waals surface area contributed by atoms with Crippen LogP contribution >= 0.6 is 0 Å². The number of carbonyl (C=O) groups excluding carboxylic acids is 3. The number of carbonyl (C=O) groups is 3. The summed E-state index contributed by atoms with van der Waals surface area (Å²) in [5, 5.41) is 2.78. The lowest BCUT2D eigenvalue weighted by Gasteiger charge is -2.30. The van der Waals surface area contributed by atoms with Gasteiger partial charge in [0.1, 0.15) is 12.7 Å². The molecule has 1 N–H and O–H groups in total. The van der Waals surface area contributed by atoms with Gasteiger partial charge in [0, 0.05) is 44.8 Å². The van der Waals surface area contributed by atoms with Crippen LogP contribution in [0.3, 0.4) is 0 Å². The van der Waals surface area contributed by atoms with Crippen molar-refractivity contribution in [2.45, 2.75) is 38.8 Å². The largest absolute Gasteiger partial charge is 0.465 e. The standard InChI is InChI=1S/C18H26N2O5/c1-5-7-19-17(23)20(8-6-2)15-9-16(25-13(4)22)18(10-14(15)18)11-24-12(3)21/h5-6,14-16H,1-2,7-11H2,3-4H3,(H,19,23)/t14-,15+,16+,18+/m1/s1. The van der Waals surface area contributed by atoms with E-state index in [4.69, 9.17) is 9.47 Å². The molecule has 4 atom stereocenters. The Balaban J connectivity index is 2.16. The maximum absolute atomic E-state index is 12.5. The van der Waals surface area contributed by atoms with Gasteiger partial charge in [0.15, 0.2) is 0 Å². The van der Waals surface area contributed by atoms with E-state index >= 15 is 0 Å². The number of urea groups is 1. The summed E-state index contributed by atoms with van der Waals surface area (Å²) in [7, 11) is 0. The third kappa shape index (κ3) is 4.03. The van der Waals surface area contributed by atoms with E-state index in [1.807, 2.05) is 0 Å². The monoisotopic (exact) mass is 350 g/mol. The van der Waals surface area contributed by atoms with Crippen LogP contribution in [-0.4, -0.2) is 54.7 Å². The topological polar surface area (TPSA) is 84.9 Å². The molecule has 2 saturated carbocycles. The van der Waals surface area contributed by atoms with Crippen molar-refractivity contribution in [1.29, 1.82) is 0 Å². The molecule has 0 saturated heterocycles. The fourth-order valence-corrected chi connectivity index (χ4v) is 3.83. The van der Waals surface area contributed by atoms with Crippen LogP contribution in [0.2, 0.25) is 0 Å². The average Bonchev–Trinajstić information content (AvgIpc) is 3.21. The third-order valence-electron chi connectivity index (χ3n) is 4.98. The van der Waals surface area contributed by atoms with Gasteiger partial charge in [-0.25, -0.2) is 4.79 Å². The van der Waals surface area contributed by atoms with Gasteiger partial charge in [-0.3, -0.25) is 9.59 Å². The Labute approximate surface area is 148 Å². The van der Waals surface area contributed by atoms with Gasteiger partial charge in [-0.1, -0.05) is 12.2 Å².